The summed E-state index contributed by atoms with van der Waals surface area (Å²) in [6.07, 6.45) is 3.23. The Bertz CT molecular complexity index is 525. The Hall–Kier alpha value is -1.40. The molecule has 122 valence electrons. The average Bonchev–Trinajstić information content (AvgIpc) is 3.01. The van der Waals surface area contributed by atoms with Gasteiger partial charge in [-0.2, -0.15) is 8.78 Å². The molecular weight excluding hydrogens is 314 g/mol. The largest absolute Gasteiger partial charge is 0.435 e. The zero-order valence-electron chi connectivity index (χ0n) is 11.9. The minimum atomic E-state index is -2.85. The lowest BCUT2D eigenvalue weighted by molar-refractivity contribution is -0.121. The fourth-order valence-electron chi connectivity index (χ4n) is 3.67. The van der Waals surface area contributed by atoms with Gasteiger partial charge in [0, 0.05) is 11.7 Å². The zero-order valence-corrected chi connectivity index (χ0v) is 12.7. The van der Waals surface area contributed by atoms with E-state index in [9.17, 15) is 13.6 Å². The molecule has 22 heavy (non-hydrogen) atoms. The number of hydrogen-bond donors (Lipinski definition) is 2. The topological polar surface area (TPSA) is 64.4 Å². The third-order valence-electron chi connectivity index (χ3n) is 4.63. The smallest absolute Gasteiger partial charge is 0.387 e. The van der Waals surface area contributed by atoms with Gasteiger partial charge in [-0.25, -0.2) is 0 Å². The number of alkyl halides is 2. The zero-order chi connectivity index (χ0) is 15.0. The summed E-state index contributed by atoms with van der Waals surface area (Å²) in [6.45, 7) is -2.85. The lowest BCUT2D eigenvalue weighted by atomic mass is 9.84. The highest BCUT2D eigenvalue weighted by molar-refractivity contribution is 5.93. The molecule has 2 fully saturated rings. The van der Waals surface area contributed by atoms with Crippen LogP contribution in [0, 0.1) is 17.8 Å². The first-order valence-electron chi connectivity index (χ1n) is 7.16. The summed E-state index contributed by atoms with van der Waals surface area (Å²) < 4.78 is 28.4. The number of benzene rings is 1. The number of ether oxygens (including phenoxy) is 1. The average molecular weight is 333 g/mol. The predicted octanol–water partition coefficient (Wildman–Crippen LogP) is 3.02. The fraction of sp³-hybridized carbons (Fsp3) is 0.533. The van der Waals surface area contributed by atoms with Crippen LogP contribution in [-0.2, 0) is 4.79 Å². The Morgan fingerprint density at radius 1 is 1.23 bits per heavy atom. The Morgan fingerprint density at radius 2 is 1.86 bits per heavy atom. The van der Waals surface area contributed by atoms with Gasteiger partial charge in [0.2, 0.25) is 5.91 Å². The molecule has 2 saturated carbocycles. The highest BCUT2D eigenvalue weighted by Crippen LogP contribution is 2.47. The van der Waals surface area contributed by atoms with E-state index >= 15 is 0 Å². The van der Waals surface area contributed by atoms with Gasteiger partial charge in [0.1, 0.15) is 5.75 Å². The summed E-state index contributed by atoms with van der Waals surface area (Å²) >= 11 is 0. The maximum absolute atomic E-state index is 12.3. The van der Waals surface area contributed by atoms with Crippen molar-refractivity contribution in [3.8, 4) is 5.75 Å². The van der Waals surface area contributed by atoms with Crippen LogP contribution < -0.4 is 15.8 Å². The van der Waals surface area contributed by atoms with Crippen LogP contribution in [0.4, 0.5) is 14.5 Å². The molecule has 0 radical (unpaired) electrons. The fourth-order valence-corrected chi connectivity index (χ4v) is 3.67. The third kappa shape index (κ3) is 3.33. The second-order valence-electron chi connectivity index (χ2n) is 5.83. The molecule has 4 atom stereocenters. The number of carbonyl (C=O) groups excluding carboxylic acids is 1. The molecule has 1 aromatic rings. The van der Waals surface area contributed by atoms with Crippen molar-refractivity contribution in [3.63, 3.8) is 0 Å². The number of nitrogens with two attached hydrogens (primary N) is 1. The maximum atomic E-state index is 12.3. The van der Waals surface area contributed by atoms with Crippen molar-refractivity contribution in [1.82, 2.24) is 0 Å². The summed E-state index contributed by atoms with van der Waals surface area (Å²) in [6, 6.07) is 5.85. The molecule has 2 bridgehead atoms. The first kappa shape index (κ1) is 17.0. The van der Waals surface area contributed by atoms with Gasteiger partial charge in [0.05, 0.1) is 5.92 Å². The molecule has 0 heterocycles. The monoisotopic (exact) mass is 332 g/mol. The standard InChI is InChI=1S/C15H18F2N2O2.ClH/c16-15(17)21-11-5-3-10(4-6-11)19-14(20)12-8-1-2-9(7-8)13(12)18;/h3-6,8-9,12-13,15H,1-2,7,18H2,(H,19,20);1H. The van der Waals surface area contributed by atoms with E-state index in [0.717, 1.165) is 19.3 Å². The number of nitrogens with one attached hydrogen (secondary N) is 1. The van der Waals surface area contributed by atoms with Gasteiger partial charge in [-0.3, -0.25) is 4.79 Å². The van der Waals surface area contributed by atoms with E-state index in [1.165, 1.54) is 12.1 Å². The van der Waals surface area contributed by atoms with Gasteiger partial charge in [-0.1, -0.05) is 0 Å². The molecule has 4 unspecified atom stereocenters. The summed E-state index contributed by atoms with van der Waals surface area (Å²) in [5, 5.41) is 2.82. The highest BCUT2D eigenvalue weighted by Gasteiger charge is 2.49. The molecule has 2 aliphatic rings. The maximum Gasteiger partial charge on any atom is 0.387 e. The Balaban J connectivity index is 0.00000176. The van der Waals surface area contributed by atoms with Crippen LogP contribution in [0.1, 0.15) is 19.3 Å². The summed E-state index contributed by atoms with van der Waals surface area (Å²) in [5.74, 6) is 0.705. The molecule has 1 amide bonds. The van der Waals surface area contributed by atoms with E-state index in [2.05, 4.69) is 10.1 Å². The van der Waals surface area contributed by atoms with E-state index in [1.807, 2.05) is 0 Å². The molecule has 0 spiro atoms. The lowest BCUT2D eigenvalue weighted by Gasteiger charge is -2.27. The van der Waals surface area contributed by atoms with Crippen LogP contribution in [0.3, 0.4) is 0 Å². The number of anilines is 1. The quantitative estimate of drug-likeness (QED) is 0.890. The number of carbonyl (C=O) groups is 1. The Labute approximate surface area is 133 Å². The molecule has 0 aliphatic heterocycles. The van der Waals surface area contributed by atoms with Crippen LogP contribution in [0.5, 0.6) is 5.75 Å². The van der Waals surface area contributed by atoms with E-state index in [0.29, 0.717) is 17.5 Å². The molecule has 3 rings (SSSR count). The first-order valence-corrected chi connectivity index (χ1v) is 7.16. The van der Waals surface area contributed by atoms with Crippen molar-refractivity contribution in [2.75, 3.05) is 5.32 Å². The van der Waals surface area contributed by atoms with Crippen molar-refractivity contribution in [2.24, 2.45) is 23.5 Å². The molecule has 0 aromatic heterocycles. The SMILES string of the molecule is Cl.NC1C2CCC(C2)C1C(=O)Nc1ccc(OC(F)F)cc1. The molecule has 1 aromatic carbocycles. The van der Waals surface area contributed by atoms with Crippen LogP contribution in [0.2, 0.25) is 0 Å². The van der Waals surface area contributed by atoms with Gasteiger partial charge < -0.3 is 15.8 Å². The first-order chi connectivity index (χ1) is 10.0. The third-order valence-corrected chi connectivity index (χ3v) is 4.63. The Kier molecular flexibility index (Phi) is 5.24. The van der Waals surface area contributed by atoms with Crippen LogP contribution in [0.25, 0.3) is 0 Å². The van der Waals surface area contributed by atoms with Gasteiger partial charge >= 0.3 is 6.61 Å². The number of amides is 1. The van der Waals surface area contributed by atoms with Crippen molar-refractivity contribution < 1.29 is 18.3 Å². The molecule has 2 aliphatic carbocycles. The molecular formula is C15H19ClF2N2O2. The van der Waals surface area contributed by atoms with Crippen molar-refractivity contribution in [3.05, 3.63) is 24.3 Å². The second-order valence-corrected chi connectivity index (χ2v) is 5.83. The number of halogens is 3. The lowest BCUT2D eigenvalue weighted by Crippen LogP contribution is -2.42. The Morgan fingerprint density at radius 3 is 2.41 bits per heavy atom. The summed E-state index contributed by atoms with van der Waals surface area (Å²) in [5.41, 5.74) is 6.70. The molecule has 3 N–H and O–H groups in total. The van der Waals surface area contributed by atoms with E-state index in [1.54, 1.807) is 12.1 Å². The van der Waals surface area contributed by atoms with Crippen molar-refractivity contribution >= 4 is 24.0 Å². The molecule has 7 heteroatoms. The number of hydrogen-bond acceptors (Lipinski definition) is 3. The number of rotatable bonds is 4. The van der Waals surface area contributed by atoms with Gasteiger partial charge in [0.15, 0.2) is 0 Å². The second kappa shape index (κ2) is 6.79. The molecule has 0 saturated heterocycles. The van der Waals surface area contributed by atoms with Gasteiger partial charge in [-0.15, -0.1) is 12.4 Å². The van der Waals surface area contributed by atoms with Crippen LogP contribution >= 0.6 is 12.4 Å². The summed E-state index contributed by atoms with van der Waals surface area (Å²) in [4.78, 5) is 12.3. The predicted molar refractivity (Wildman–Crippen MR) is 81.2 cm³/mol. The molecule has 4 nitrogen and oxygen atoms in total. The van der Waals surface area contributed by atoms with E-state index in [4.69, 9.17) is 5.73 Å². The summed E-state index contributed by atoms with van der Waals surface area (Å²) in [7, 11) is 0. The highest BCUT2D eigenvalue weighted by atomic mass is 35.5. The van der Waals surface area contributed by atoms with Gasteiger partial charge in [0.25, 0.3) is 0 Å². The minimum absolute atomic E-state index is 0. The van der Waals surface area contributed by atoms with Gasteiger partial charge in [-0.05, 0) is 55.4 Å². The van der Waals surface area contributed by atoms with Crippen LogP contribution in [0.15, 0.2) is 24.3 Å². The van der Waals surface area contributed by atoms with Crippen molar-refractivity contribution in [2.45, 2.75) is 31.9 Å². The van der Waals surface area contributed by atoms with Crippen LogP contribution in [-0.4, -0.2) is 18.6 Å². The van der Waals surface area contributed by atoms with E-state index < -0.39 is 6.61 Å². The van der Waals surface area contributed by atoms with E-state index in [-0.39, 0.29) is 36.0 Å². The van der Waals surface area contributed by atoms with Crippen molar-refractivity contribution in [1.29, 1.82) is 0 Å². The normalized spacial score (nSPS) is 29.3. The number of fused-ring (bicyclic) bond motifs is 2. The minimum Gasteiger partial charge on any atom is -0.435 e.